The summed E-state index contributed by atoms with van der Waals surface area (Å²) in [5, 5.41) is 12.6. The number of nitriles is 1. The molecular weight excluding hydrogens is 292 g/mol. The SMILES string of the molecule is CCNc1c(C#N)c(N)nc2c1Cc1ccc(OCC)cc1O2. The Morgan fingerprint density at radius 3 is 2.96 bits per heavy atom. The fourth-order valence-electron chi connectivity index (χ4n) is 2.68. The van der Waals surface area contributed by atoms with E-state index in [1.807, 2.05) is 32.0 Å². The first-order chi connectivity index (χ1) is 11.2. The minimum absolute atomic E-state index is 0.173. The summed E-state index contributed by atoms with van der Waals surface area (Å²) < 4.78 is 11.4. The predicted octanol–water partition coefficient (Wildman–Crippen LogP) is 3.06. The summed E-state index contributed by atoms with van der Waals surface area (Å²) in [7, 11) is 0. The van der Waals surface area contributed by atoms with Crippen LogP contribution in [-0.4, -0.2) is 18.1 Å². The van der Waals surface area contributed by atoms with Gasteiger partial charge in [0.15, 0.2) is 0 Å². The maximum Gasteiger partial charge on any atom is 0.226 e. The first kappa shape index (κ1) is 15.0. The fourth-order valence-corrected chi connectivity index (χ4v) is 2.68. The lowest BCUT2D eigenvalue weighted by Crippen LogP contribution is -2.13. The van der Waals surface area contributed by atoms with Crippen molar-refractivity contribution >= 4 is 11.5 Å². The average Bonchev–Trinajstić information content (AvgIpc) is 2.54. The van der Waals surface area contributed by atoms with E-state index in [-0.39, 0.29) is 5.82 Å². The molecule has 0 unspecified atom stereocenters. The lowest BCUT2D eigenvalue weighted by atomic mass is 9.98. The Balaban J connectivity index is 2.08. The second-order valence-electron chi connectivity index (χ2n) is 5.15. The van der Waals surface area contributed by atoms with Crippen molar-refractivity contribution < 1.29 is 9.47 Å². The second kappa shape index (κ2) is 6.05. The lowest BCUT2D eigenvalue weighted by molar-refractivity contribution is 0.337. The Bertz CT molecular complexity index is 796. The van der Waals surface area contributed by atoms with Gasteiger partial charge in [-0.2, -0.15) is 10.2 Å². The molecule has 0 amide bonds. The number of nitrogen functional groups attached to an aromatic ring is 1. The number of hydrogen-bond acceptors (Lipinski definition) is 6. The molecular formula is C17H18N4O2. The number of benzene rings is 1. The van der Waals surface area contributed by atoms with E-state index in [9.17, 15) is 5.26 Å². The number of rotatable bonds is 4. The molecule has 0 radical (unpaired) electrons. The molecule has 2 heterocycles. The zero-order valence-corrected chi connectivity index (χ0v) is 13.1. The largest absolute Gasteiger partial charge is 0.494 e. The number of nitrogens with two attached hydrogens (primary N) is 1. The number of aromatic nitrogens is 1. The van der Waals surface area contributed by atoms with E-state index in [1.54, 1.807) is 0 Å². The summed E-state index contributed by atoms with van der Waals surface area (Å²) >= 11 is 0. The molecule has 0 atom stereocenters. The minimum atomic E-state index is 0.173. The van der Waals surface area contributed by atoms with Crippen LogP contribution in [0.3, 0.4) is 0 Å². The molecule has 0 bridgehead atoms. The highest BCUT2D eigenvalue weighted by Gasteiger charge is 2.25. The molecule has 3 N–H and O–H groups in total. The van der Waals surface area contributed by atoms with E-state index in [1.165, 1.54) is 0 Å². The third-order valence-corrected chi connectivity index (χ3v) is 3.68. The van der Waals surface area contributed by atoms with E-state index in [4.69, 9.17) is 15.2 Å². The van der Waals surface area contributed by atoms with Gasteiger partial charge in [0, 0.05) is 24.6 Å². The van der Waals surface area contributed by atoms with E-state index >= 15 is 0 Å². The van der Waals surface area contributed by atoms with Gasteiger partial charge in [0.2, 0.25) is 5.88 Å². The molecule has 0 saturated carbocycles. The van der Waals surface area contributed by atoms with Crippen LogP contribution in [0.4, 0.5) is 11.5 Å². The number of fused-ring (bicyclic) bond motifs is 2. The maximum absolute atomic E-state index is 9.35. The number of ether oxygens (including phenoxy) is 2. The quantitative estimate of drug-likeness (QED) is 0.769. The number of nitrogens with zero attached hydrogens (tertiary/aromatic N) is 2. The lowest BCUT2D eigenvalue weighted by Gasteiger charge is -2.23. The highest BCUT2D eigenvalue weighted by molar-refractivity contribution is 5.74. The summed E-state index contributed by atoms with van der Waals surface area (Å²) in [5.74, 6) is 2.08. The van der Waals surface area contributed by atoms with Gasteiger partial charge in [-0.05, 0) is 25.5 Å². The Labute approximate surface area is 134 Å². The summed E-state index contributed by atoms with van der Waals surface area (Å²) in [6.45, 7) is 5.18. The topological polar surface area (TPSA) is 93.2 Å². The Hall–Kier alpha value is -2.94. The van der Waals surface area contributed by atoms with Gasteiger partial charge >= 0.3 is 0 Å². The molecule has 0 fully saturated rings. The van der Waals surface area contributed by atoms with Gasteiger partial charge < -0.3 is 20.5 Å². The molecule has 1 aromatic carbocycles. The molecule has 1 aliphatic rings. The fraction of sp³-hybridized carbons (Fsp3) is 0.294. The molecule has 3 rings (SSSR count). The first-order valence-electron chi connectivity index (χ1n) is 7.57. The molecule has 1 aliphatic heterocycles. The van der Waals surface area contributed by atoms with Gasteiger partial charge in [0.1, 0.15) is 28.9 Å². The highest BCUT2D eigenvalue weighted by atomic mass is 16.5. The standard InChI is InChI=1S/C17H18N4O2/c1-3-20-15-12-7-10-5-6-11(22-4-2)8-14(10)23-17(12)21-16(19)13(15)9-18/h5-6,8H,3-4,7H2,1-2H3,(H3,19,20,21). The second-order valence-corrected chi connectivity index (χ2v) is 5.15. The molecule has 0 spiro atoms. The van der Waals surface area contributed by atoms with Crippen molar-refractivity contribution in [2.24, 2.45) is 0 Å². The van der Waals surface area contributed by atoms with E-state index in [0.29, 0.717) is 42.5 Å². The van der Waals surface area contributed by atoms with Gasteiger partial charge in [0.05, 0.1) is 12.3 Å². The van der Waals surface area contributed by atoms with Crippen LogP contribution in [-0.2, 0) is 6.42 Å². The van der Waals surface area contributed by atoms with Crippen LogP contribution in [0, 0.1) is 11.3 Å². The van der Waals surface area contributed by atoms with Crippen LogP contribution in [0.2, 0.25) is 0 Å². The average molecular weight is 310 g/mol. The van der Waals surface area contributed by atoms with Crippen molar-refractivity contribution in [3.05, 3.63) is 34.9 Å². The van der Waals surface area contributed by atoms with Crippen molar-refractivity contribution in [3.63, 3.8) is 0 Å². The number of nitrogens with one attached hydrogen (secondary N) is 1. The molecule has 6 nitrogen and oxygen atoms in total. The third-order valence-electron chi connectivity index (χ3n) is 3.68. The number of pyridine rings is 1. The van der Waals surface area contributed by atoms with Crippen LogP contribution in [0.5, 0.6) is 17.4 Å². The summed E-state index contributed by atoms with van der Waals surface area (Å²) in [6.07, 6.45) is 0.626. The number of anilines is 2. The van der Waals surface area contributed by atoms with Crippen molar-refractivity contribution in [1.29, 1.82) is 5.26 Å². The minimum Gasteiger partial charge on any atom is -0.494 e. The summed E-state index contributed by atoms with van der Waals surface area (Å²) in [4.78, 5) is 4.25. The Morgan fingerprint density at radius 2 is 2.26 bits per heavy atom. The van der Waals surface area contributed by atoms with E-state index in [2.05, 4.69) is 16.4 Å². The Morgan fingerprint density at radius 1 is 1.43 bits per heavy atom. The molecule has 0 aliphatic carbocycles. The van der Waals surface area contributed by atoms with Gasteiger partial charge in [-0.15, -0.1) is 0 Å². The normalized spacial score (nSPS) is 11.7. The van der Waals surface area contributed by atoms with Gasteiger partial charge in [0.25, 0.3) is 0 Å². The van der Waals surface area contributed by atoms with Crippen molar-refractivity contribution in [3.8, 4) is 23.4 Å². The van der Waals surface area contributed by atoms with Crippen LogP contribution in [0.1, 0.15) is 30.5 Å². The van der Waals surface area contributed by atoms with Gasteiger partial charge in [-0.1, -0.05) is 6.07 Å². The molecule has 23 heavy (non-hydrogen) atoms. The molecule has 2 aromatic rings. The zero-order chi connectivity index (χ0) is 16.4. The van der Waals surface area contributed by atoms with Crippen molar-refractivity contribution in [2.45, 2.75) is 20.3 Å². The zero-order valence-electron chi connectivity index (χ0n) is 13.1. The number of hydrogen-bond donors (Lipinski definition) is 2. The highest BCUT2D eigenvalue weighted by Crippen LogP contribution is 2.42. The molecule has 118 valence electrons. The van der Waals surface area contributed by atoms with Gasteiger partial charge in [-0.3, -0.25) is 0 Å². The van der Waals surface area contributed by atoms with E-state index in [0.717, 1.165) is 16.9 Å². The maximum atomic E-state index is 9.35. The van der Waals surface area contributed by atoms with Crippen LogP contribution in [0.25, 0.3) is 0 Å². The smallest absolute Gasteiger partial charge is 0.226 e. The van der Waals surface area contributed by atoms with Crippen LogP contribution < -0.4 is 20.5 Å². The Kier molecular flexibility index (Phi) is 3.94. The summed E-state index contributed by atoms with van der Waals surface area (Å²) in [5.41, 5.74) is 8.85. The summed E-state index contributed by atoms with van der Waals surface area (Å²) in [6, 6.07) is 7.86. The van der Waals surface area contributed by atoms with Crippen molar-refractivity contribution in [1.82, 2.24) is 4.98 Å². The monoisotopic (exact) mass is 310 g/mol. The van der Waals surface area contributed by atoms with E-state index < -0.39 is 0 Å². The van der Waals surface area contributed by atoms with Crippen LogP contribution >= 0.6 is 0 Å². The van der Waals surface area contributed by atoms with Gasteiger partial charge in [-0.25, -0.2) is 0 Å². The predicted molar refractivity (Wildman–Crippen MR) is 88.0 cm³/mol. The van der Waals surface area contributed by atoms with Crippen molar-refractivity contribution in [2.75, 3.05) is 24.2 Å². The first-order valence-corrected chi connectivity index (χ1v) is 7.57. The van der Waals surface area contributed by atoms with Crippen LogP contribution in [0.15, 0.2) is 18.2 Å². The third kappa shape index (κ3) is 2.61. The molecule has 1 aromatic heterocycles. The molecule has 6 heteroatoms. The molecule has 0 saturated heterocycles.